The molecule has 0 aromatic carbocycles. The molecule has 2 saturated heterocycles. The average molecular weight is 1560 g/mol. The molecule has 0 aliphatic carbocycles. The number of rotatable bonds is 31. The average Bonchev–Trinajstić information content (AvgIpc) is 1.53. The van der Waals surface area contributed by atoms with Gasteiger partial charge in [0.15, 0.2) is 70.4 Å². The first-order valence-electron chi connectivity index (χ1n) is 30.7. The van der Waals surface area contributed by atoms with Gasteiger partial charge in [-0.1, -0.05) is 27.6 Å². The lowest BCUT2D eigenvalue weighted by Crippen LogP contribution is -2.71. The molecule has 44 heteroatoms. The molecular formula is C61H63N17O21S6+2. The van der Waals surface area contributed by atoms with Crippen LogP contribution in [0.25, 0.3) is 0 Å². The number of carbonyl (C=O) groups is 12. The van der Waals surface area contributed by atoms with Crippen LogP contribution in [0.4, 0.5) is 15.4 Å². The predicted molar refractivity (Wildman–Crippen MR) is 375 cm³/mol. The fourth-order valence-corrected chi connectivity index (χ4v) is 15.8. The van der Waals surface area contributed by atoms with E-state index in [4.69, 9.17) is 20.2 Å². The molecule has 6 atom stereocenters. The molecule has 14 N–H and O–H groups in total. The second-order valence-corrected chi connectivity index (χ2v) is 30.4. The number of amides is 6. The zero-order valence-corrected chi connectivity index (χ0v) is 60.4. The molecule has 0 radical (unpaired) electrons. The number of fused-ring (bicyclic) bond motifs is 2. The van der Waals surface area contributed by atoms with E-state index in [0.29, 0.717) is 22.5 Å². The maximum absolute atomic E-state index is 14.7. The summed E-state index contributed by atoms with van der Waals surface area (Å²) in [5, 5.41) is 88.4. The second-order valence-electron chi connectivity index (χ2n) is 24.5. The summed E-state index contributed by atoms with van der Waals surface area (Å²) >= 11 is 5.68. The summed E-state index contributed by atoms with van der Waals surface area (Å²) in [7, 11) is 0. The topological polar surface area (TPSA) is 542 Å². The quantitative estimate of drug-likeness (QED) is 0.0121. The number of anilines is 3. The SMILES string of the molecule is CC(C)(O/N=C(\C(=O)N[C@H](C(=O)Nc1nc(/C(=N/OC(C)(C)C(=O)O)C(=O)N[C@@H]2C(=O)N3C(C(=O)O)=C(CNc4nc(/C(=N/OC(C)(C)C(=O)O)C(=O)N[C@@H]5C(=O)N6C(C(=O)O)=C(C[n+]7ccccc7)CS[C@H]56)cs4)CS[C@H]23)cs1)[C@@H]1NC(C(=O)O)=C(C[n+]2ccccc2)CS1)c1csc(N)n1)C(=O)O. The number of nitrogens with two attached hydrogens (primary N) is 1. The van der Waals surface area contributed by atoms with Crippen molar-refractivity contribution in [3.8, 4) is 0 Å². The molecular weight excluding hydrogens is 1500 g/mol. The first-order chi connectivity index (χ1) is 49.6. The predicted octanol–water partition coefficient (Wildman–Crippen LogP) is 0.0794. The van der Waals surface area contributed by atoms with E-state index in [1.165, 1.54) is 27.9 Å². The van der Waals surface area contributed by atoms with Gasteiger partial charge in [0.2, 0.25) is 16.8 Å². The lowest BCUT2D eigenvalue weighted by molar-refractivity contribution is -0.689. The van der Waals surface area contributed by atoms with Crippen LogP contribution < -0.4 is 46.8 Å². The minimum Gasteiger partial charge on any atom is -0.478 e. The maximum atomic E-state index is 14.7. The highest BCUT2D eigenvalue weighted by molar-refractivity contribution is 8.00. The van der Waals surface area contributed by atoms with E-state index in [2.05, 4.69) is 62.3 Å². The van der Waals surface area contributed by atoms with Gasteiger partial charge in [-0.15, -0.1) is 69.3 Å². The van der Waals surface area contributed by atoms with Crippen molar-refractivity contribution < 1.29 is 112 Å². The molecule has 0 bridgehead atoms. The Balaban J connectivity index is 0.851. The number of nitrogen functional groups attached to an aromatic ring is 1. The highest BCUT2D eigenvalue weighted by atomic mass is 32.2. The number of carboxylic acids is 6. The number of nitrogens with one attached hydrogen (secondary N) is 6. The summed E-state index contributed by atoms with van der Waals surface area (Å²) in [6.45, 7) is 6.76. The molecule has 10 rings (SSSR count). The number of carbonyl (C=O) groups excluding carboxylic acids is 6. The second kappa shape index (κ2) is 31.5. The molecule has 10 heterocycles. The third kappa shape index (κ3) is 17.1. The number of thiazole rings is 3. The Morgan fingerprint density at radius 2 is 0.990 bits per heavy atom. The van der Waals surface area contributed by atoms with Gasteiger partial charge < -0.3 is 82.8 Å². The normalized spacial score (nSPS) is 19.5. The van der Waals surface area contributed by atoms with Crippen LogP contribution in [0.15, 0.2) is 127 Å². The van der Waals surface area contributed by atoms with Gasteiger partial charge in [-0.05, 0) is 47.1 Å². The standard InChI is InChI=1S/C61H61N17O21S6/c1-59(2,53(91)92)97-72-33(29-23-103-56(62)64-29)41(79)67-36(45-70-32(50(85)86)27(21-100-45)18-75-13-9-7-10-14-75)44(82)71-58-66-31(25-105-58)35(74-99-61(5,6)55(95)96)43(81)68-37-46(83)77-39(51(87)88)26(20-101-48(37)77)17-63-57-65-30(24-104-57)34(73-98-60(3,4)54(93)94)42(80)69-38-47(84)78-40(52(89)90)28(22-102-49(38)78)19-76-15-11-8-12-16-76/h7-16,23-25,36-38,45,48-49,70H,17-22H2,1-6H3,(H11-2,62,63,64,65,66,67,68,69,71,79,80,81,82,85,86,87,88,89,90,91,92,93,94,95,96)/p+2/b72-33-,73-34-,74-35-/t36-,37-,38-,45-,48-,49-/m1/s1. The molecule has 38 nitrogen and oxygen atoms in total. The molecule has 6 amide bonds. The van der Waals surface area contributed by atoms with Crippen molar-refractivity contribution in [2.45, 2.75) is 106 Å². The first kappa shape index (κ1) is 76.5. The Bertz CT molecular complexity index is 4590. The van der Waals surface area contributed by atoms with Gasteiger partial charge in [0.05, 0.1) is 0 Å². The van der Waals surface area contributed by atoms with Crippen LogP contribution >= 0.6 is 69.3 Å². The lowest BCUT2D eigenvalue weighted by atomic mass is 10.0. The van der Waals surface area contributed by atoms with Crippen molar-refractivity contribution >= 4 is 173 Å². The molecule has 5 aliphatic heterocycles. The van der Waals surface area contributed by atoms with Crippen molar-refractivity contribution in [3.05, 3.63) is 128 Å². The Morgan fingerprint density at radius 1 is 0.571 bits per heavy atom. The summed E-state index contributed by atoms with van der Waals surface area (Å²) in [5.41, 5.74) is -3.10. The van der Waals surface area contributed by atoms with Crippen LogP contribution in [-0.4, -0.2) is 219 Å². The van der Waals surface area contributed by atoms with E-state index in [1.807, 2.05) is 0 Å². The zero-order valence-electron chi connectivity index (χ0n) is 55.5. The summed E-state index contributed by atoms with van der Waals surface area (Å²) in [4.78, 5) is 191. The minimum atomic E-state index is -2.11. The number of oxime groups is 3. The number of nitrogens with zero attached hydrogens (tertiary/aromatic N) is 10. The van der Waals surface area contributed by atoms with Crippen molar-refractivity contribution in [3.63, 3.8) is 0 Å². The van der Waals surface area contributed by atoms with Gasteiger partial charge in [-0.3, -0.25) is 38.6 Å². The smallest absolute Gasteiger partial charge is 0.352 e. The van der Waals surface area contributed by atoms with E-state index in [-0.39, 0.29) is 80.6 Å². The van der Waals surface area contributed by atoms with Gasteiger partial charge in [-0.2, -0.15) is 0 Å². The Morgan fingerprint density at radius 3 is 1.45 bits per heavy atom. The first-order valence-corrected chi connectivity index (χ1v) is 36.5. The molecule has 0 unspecified atom stereocenters. The summed E-state index contributed by atoms with van der Waals surface area (Å²) in [5.74, 6) is -14.9. The van der Waals surface area contributed by atoms with Gasteiger partial charge in [-0.25, -0.2) is 52.9 Å². The van der Waals surface area contributed by atoms with E-state index in [9.17, 15) is 88.2 Å². The highest BCUT2D eigenvalue weighted by Gasteiger charge is 2.56. The van der Waals surface area contributed by atoms with Gasteiger partial charge in [0, 0.05) is 75.4 Å². The number of β-lactam (4-membered cyclic amide) rings is 2. The summed E-state index contributed by atoms with van der Waals surface area (Å²) in [6.07, 6.45) is 6.87. The molecule has 5 aromatic heterocycles. The number of aromatic nitrogens is 5. The molecule has 0 saturated carbocycles. The van der Waals surface area contributed by atoms with Gasteiger partial charge in [0.1, 0.15) is 68.4 Å². The Labute approximate surface area is 616 Å². The van der Waals surface area contributed by atoms with Gasteiger partial charge >= 0.3 is 35.8 Å². The van der Waals surface area contributed by atoms with E-state index < -0.39 is 151 Å². The molecule has 5 aromatic rings. The van der Waals surface area contributed by atoms with Crippen LogP contribution in [0.2, 0.25) is 0 Å². The Kier molecular flexibility index (Phi) is 22.9. The number of hydrogen-bond acceptors (Lipinski definition) is 30. The molecule has 5 aliphatic rings. The number of pyridine rings is 2. The fourth-order valence-electron chi connectivity index (χ4n) is 9.99. The monoisotopic (exact) mass is 1560 g/mol. The van der Waals surface area contributed by atoms with E-state index >= 15 is 0 Å². The minimum absolute atomic E-state index is 0.00640. The van der Waals surface area contributed by atoms with Gasteiger partial charge in [0.25, 0.3) is 35.4 Å². The fraction of sp³-hybridized carbons (Fsp3) is 0.344. The van der Waals surface area contributed by atoms with Crippen molar-refractivity contribution in [1.29, 1.82) is 0 Å². The van der Waals surface area contributed by atoms with E-state index in [0.717, 1.165) is 97.5 Å². The van der Waals surface area contributed by atoms with Crippen molar-refractivity contribution in [2.75, 3.05) is 40.2 Å². The Hall–Kier alpha value is -11.1. The van der Waals surface area contributed by atoms with Crippen LogP contribution in [0.3, 0.4) is 0 Å². The number of carboxylic acid groups (broad SMARTS) is 6. The molecule has 105 heavy (non-hydrogen) atoms. The van der Waals surface area contributed by atoms with Crippen LogP contribution in [0.1, 0.15) is 58.6 Å². The van der Waals surface area contributed by atoms with Crippen LogP contribution in [-0.2, 0) is 85.1 Å². The number of aliphatic carboxylic acids is 6. The third-order valence-electron chi connectivity index (χ3n) is 15.8. The third-order valence-corrected chi connectivity index (χ3v) is 21.9. The van der Waals surface area contributed by atoms with Crippen LogP contribution in [0, 0.1) is 0 Å². The maximum Gasteiger partial charge on any atom is 0.352 e. The zero-order chi connectivity index (χ0) is 76.1. The number of thioether (sulfide) groups is 3. The summed E-state index contributed by atoms with van der Waals surface area (Å²) < 4.78 is 3.45. The highest BCUT2D eigenvalue weighted by Crippen LogP contribution is 2.42. The van der Waals surface area contributed by atoms with Crippen LogP contribution in [0.5, 0.6) is 0 Å². The largest absolute Gasteiger partial charge is 0.478 e. The summed E-state index contributed by atoms with van der Waals surface area (Å²) in [6, 6.07) is 6.00. The molecule has 0 spiro atoms. The number of hydrogen-bond donors (Lipinski definition) is 13. The van der Waals surface area contributed by atoms with Crippen molar-refractivity contribution in [1.82, 2.24) is 46.0 Å². The van der Waals surface area contributed by atoms with E-state index in [1.54, 1.807) is 70.3 Å². The molecule has 2 fully saturated rings. The van der Waals surface area contributed by atoms with Crippen molar-refractivity contribution in [2.24, 2.45) is 15.5 Å². The molecule has 552 valence electrons. The lowest BCUT2D eigenvalue weighted by Gasteiger charge is -2.49.